The van der Waals surface area contributed by atoms with Gasteiger partial charge in [0.25, 0.3) is 0 Å². The van der Waals surface area contributed by atoms with E-state index in [1.807, 2.05) is 53.4 Å². The van der Waals surface area contributed by atoms with E-state index in [9.17, 15) is 34.8 Å². The molecular weight excluding hydrogens is 755 g/mol. The molecule has 1 aliphatic rings. The highest BCUT2D eigenvalue weighted by Gasteiger charge is 2.22. The van der Waals surface area contributed by atoms with E-state index in [-0.39, 0.29) is 58.8 Å². The standard InChI is InChI=1S/C45H63N5O9/c1-3-46(4-2)31-33-59-40-21-19-38(20-22-40)42(37-16-9-6-10-17-37)41(36-14-7-5-8-15-36)18-11-32-58-35-39(51)34-47-23-12-24-49(44(54)55)29-30-50(45(56)57)26-13-25-48(28-27-47)43(52)53/h5-10,14-17,19-22,39,51H,3-4,11-13,18,23-35H2,1-2H3,(H,52,53)(H,54,55)(H,56,57)/b42-41-. The number of carbonyl (C=O) groups is 3. The first kappa shape index (κ1) is 46.5. The number of nitrogens with zero attached hydrogens (tertiary/aromatic N) is 5. The molecule has 322 valence electrons. The van der Waals surface area contributed by atoms with Crippen LogP contribution in [0.15, 0.2) is 84.9 Å². The predicted molar refractivity (Wildman–Crippen MR) is 229 cm³/mol. The van der Waals surface area contributed by atoms with E-state index in [1.54, 1.807) is 0 Å². The molecule has 4 N–H and O–H groups in total. The highest BCUT2D eigenvalue weighted by atomic mass is 16.5. The Kier molecular flexibility index (Phi) is 20.0. The summed E-state index contributed by atoms with van der Waals surface area (Å²) in [4.78, 5) is 43.5. The van der Waals surface area contributed by atoms with Crippen molar-refractivity contribution >= 4 is 29.4 Å². The van der Waals surface area contributed by atoms with Crippen LogP contribution in [-0.2, 0) is 4.74 Å². The fourth-order valence-electron chi connectivity index (χ4n) is 7.29. The Morgan fingerprint density at radius 2 is 1.15 bits per heavy atom. The number of aliphatic hydroxyl groups is 1. The SMILES string of the molecule is CCN(CC)CCOc1ccc(/C(=C(/CCCOCC(O)CN2CCCN(C(=O)O)CCN(C(=O)O)CCCN(C(=O)O)CC2)c2ccccc2)c2ccccc2)cc1. The maximum atomic E-state index is 12.0. The van der Waals surface area contributed by atoms with E-state index in [4.69, 9.17) is 9.47 Å². The molecule has 14 heteroatoms. The molecule has 3 aromatic rings. The Balaban J connectivity index is 1.41. The van der Waals surface area contributed by atoms with Gasteiger partial charge >= 0.3 is 18.3 Å². The van der Waals surface area contributed by atoms with Gasteiger partial charge in [0.05, 0.1) is 12.7 Å². The quantitative estimate of drug-likeness (QED) is 0.0861. The van der Waals surface area contributed by atoms with Crippen LogP contribution in [-0.4, -0.2) is 168 Å². The van der Waals surface area contributed by atoms with Crippen molar-refractivity contribution in [2.75, 3.05) is 98.4 Å². The first-order valence-electron chi connectivity index (χ1n) is 20.8. The number of aliphatic hydroxyl groups excluding tert-OH is 1. The van der Waals surface area contributed by atoms with E-state index in [2.05, 4.69) is 55.1 Å². The molecule has 59 heavy (non-hydrogen) atoms. The van der Waals surface area contributed by atoms with Gasteiger partial charge in [-0.15, -0.1) is 0 Å². The van der Waals surface area contributed by atoms with E-state index >= 15 is 0 Å². The highest BCUT2D eigenvalue weighted by molar-refractivity contribution is 5.98. The van der Waals surface area contributed by atoms with Gasteiger partial charge in [-0.25, -0.2) is 14.4 Å². The predicted octanol–water partition coefficient (Wildman–Crippen LogP) is 6.56. The second-order valence-electron chi connectivity index (χ2n) is 14.6. The van der Waals surface area contributed by atoms with E-state index in [0.717, 1.165) is 52.5 Å². The molecule has 0 aliphatic carbocycles. The third-order valence-electron chi connectivity index (χ3n) is 10.6. The molecule has 0 radical (unpaired) electrons. The highest BCUT2D eigenvalue weighted by Crippen LogP contribution is 2.36. The summed E-state index contributed by atoms with van der Waals surface area (Å²) in [6.45, 7) is 9.75. The number of benzene rings is 3. The molecule has 3 aromatic carbocycles. The Bertz CT molecular complexity index is 1720. The number of amides is 3. The summed E-state index contributed by atoms with van der Waals surface area (Å²) < 4.78 is 12.1. The van der Waals surface area contributed by atoms with Gasteiger partial charge < -0.3 is 49.5 Å². The molecule has 1 atom stereocenters. The molecule has 4 rings (SSSR count). The summed E-state index contributed by atoms with van der Waals surface area (Å²) in [5.74, 6) is 0.829. The number of likely N-dealkylation sites (N-methyl/N-ethyl adjacent to an activating group) is 1. The molecular formula is C45H63N5O9. The fraction of sp³-hybridized carbons (Fsp3) is 0.489. The van der Waals surface area contributed by atoms with Crippen LogP contribution in [0.2, 0.25) is 0 Å². The number of rotatable bonds is 17. The van der Waals surface area contributed by atoms with Gasteiger partial charge in [0.2, 0.25) is 0 Å². The molecule has 1 unspecified atom stereocenters. The topological polar surface area (TPSA) is 167 Å². The number of hydrogen-bond acceptors (Lipinski definition) is 8. The number of ether oxygens (including phenoxy) is 2. The van der Waals surface area contributed by atoms with E-state index in [1.165, 1.54) is 15.4 Å². The second kappa shape index (κ2) is 25.4. The van der Waals surface area contributed by atoms with Gasteiger partial charge in [0.1, 0.15) is 12.4 Å². The van der Waals surface area contributed by atoms with Crippen LogP contribution in [0.5, 0.6) is 5.75 Å². The van der Waals surface area contributed by atoms with Crippen molar-refractivity contribution < 1.29 is 44.3 Å². The summed E-state index contributed by atoms with van der Waals surface area (Å²) in [6.07, 6.45) is -2.17. The summed E-state index contributed by atoms with van der Waals surface area (Å²) in [5, 5.41) is 40.2. The van der Waals surface area contributed by atoms with Crippen LogP contribution in [0.1, 0.15) is 56.2 Å². The fourth-order valence-corrected chi connectivity index (χ4v) is 7.29. The Hall–Kier alpha value is -5.15. The van der Waals surface area contributed by atoms with E-state index in [0.29, 0.717) is 45.6 Å². The Morgan fingerprint density at radius 3 is 1.69 bits per heavy atom. The lowest BCUT2D eigenvalue weighted by Gasteiger charge is -2.30. The Morgan fingerprint density at radius 1 is 0.644 bits per heavy atom. The summed E-state index contributed by atoms with van der Waals surface area (Å²) in [7, 11) is 0. The summed E-state index contributed by atoms with van der Waals surface area (Å²) in [6, 6.07) is 29.0. The van der Waals surface area contributed by atoms with Gasteiger partial charge in [0.15, 0.2) is 0 Å². The molecule has 0 spiro atoms. The zero-order chi connectivity index (χ0) is 42.4. The van der Waals surface area contributed by atoms with Gasteiger partial charge in [-0.05, 0) is 78.7 Å². The summed E-state index contributed by atoms with van der Waals surface area (Å²) in [5.41, 5.74) is 5.60. The van der Waals surface area contributed by atoms with Crippen LogP contribution < -0.4 is 4.74 Å². The molecule has 0 bridgehead atoms. The first-order chi connectivity index (χ1) is 28.6. The smallest absolute Gasteiger partial charge is 0.407 e. The molecule has 1 aliphatic heterocycles. The number of hydrogen-bond donors (Lipinski definition) is 4. The van der Waals surface area contributed by atoms with Crippen LogP contribution in [0.4, 0.5) is 14.4 Å². The molecule has 0 saturated carbocycles. The minimum atomic E-state index is -1.18. The second-order valence-corrected chi connectivity index (χ2v) is 14.6. The third-order valence-corrected chi connectivity index (χ3v) is 10.6. The van der Waals surface area contributed by atoms with E-state index < -0.39 is 24.4 Å². The van der Waals surface area contributed by atoms with Crippen molar-refractivity contribution in [1.29, 1.82) is 0 Å². The van der Waals surface area contributed by atoms with Gasteiger partial charge in [-0.3, -0.25) is 4.90 Å². The van der Waals surface area contributed by atoms with Crippen molar-refractivity contribution in [3.63, 3.8) is 0 Å². The minimum absolute atomic E-state index is 0.00738. The lowest BCUT2D eigenvalue weighted by Crippen LogP contribution is -2.45. The lowest BCUT2D eigenvalue weighted by atomic mass is 9.87. The number of β-amino-alcohol motifs (C(OH)–C–C–N with tert-alkyl or cyclic N) is 1. The first-order valence-corrected chi connectivity index (χ1v) is 20.8. The zero-order valence-corrected chi connectivity index (χ0v) is 34.7. The largest absolute Gasteiger partial charge is 0.492 e. The van der Waals surface area contributed by atoms with Gasteiger partial charge in [-0.2, -0.15) is 0 Å². The van der Waals surface area contributed by atoms with Crippen molar-refractivity contribution in [2.24, 2.45) is 0 Å². The van der Waals surface area contributed by atoms with Crippen LogP contribution >= 0.6 is 0 Å². The molecule has 1 heterocycles. The maximum absolute atomic E-state index is 12.0. The zero-order valence-electron chi connectivity index (χ0n) is 34.7. The minimum Gasteiger partial charge on any atom is -0.492 e. The van der Waals surface area contributed by atoms with Crippen molar-refractivity contribution in [2.45, 2.75) is 45.6 Å². The molecule has 14 nitrogen and oxygen atoms in total. The van der Waals surface area contributed by atoms with Crippen molar-refractivity contribution in [1.82, 2.24) is 24.5 Å². The Labute approximate surface area is 348 Å². The molecule has 3 amide bonds. The summed E-state index contributed by atoms with van der Waals surface area (Å²) >= 11 is 0. The van der Waals surface area contributed by atoms with Gasteiger partial charge in [-0.1, -0.05) is 86.6 Å². The van der Waals surface area contributed by atoms with Crippen LogP contribution in [0.25, 0.3) is 11.1 Å². The molecule has 0 aromatic heterocycles. The third kappa shape index (κ3) is 15.9. The van der Waals surface area contributed by atoms with Crippen LogP contribution in [0, 0.1) is 0 Å². The average Bonchev–Trinajstić information content (AvgIpc) is 3.23. The van der Waals surface area contributed by atoms with Crippen molar-refractivity contribution in [3.8, 4) is 5.75 Å². The molecule has 1 saturated heterocycles. The normalized spacial score (nSPS) is 16.0. The van der Waals surface area contributed by atoms with Crippen LogP contribution in [0.3, 0.4) is 0 Å². The monoisotopic (exact) mass is 817 g/mol. The average molecular weight is 818 g/mol. The van der Waals surface area contributed by atoms with Crippen molar-refractivity contribution in [3.05, 3.63) is 102 Å². The molecule has 1 fully saturated rings. The number of allylic oxidation sites excluding steroid dienone is 1. The van der Waals surface area contributed by atoms with Gasteiger partial charge in [0, 0.05) is 72.1 Å². The maximum Gasteiger partial charge on any atom is 0.407 e. The number of carboxylic acid groups (broad SMARTS) is 3. The lowest BCUT2D eigenvalue weighted by molar-refractivity contribution is 0.0141.